The van der Waals surface area contributed by atoms with E-state index < -0.39 is 0 Å². The second-order valence-corrected chi connectivity index (χ2v) is 5.27. The Kier molecular flexibility index (Phi) is 4.99. The quantitative estimate of drug-likeness (QED) is 0.905. The van der Waals surface area contributed by atoms with Gasteiger partial charge in [0.1, 0.15) is 0 Å². The van der Waals surface area contributed by atoms with Crippen molar-refractivity contribution in [3.8, 4) is 0 Å². The van der Waals surface area contributed by atoms with Crippen LogP contribution in [0.15, 0.2) is 48.5 Å². The SMILES string of the molecule is CCN(CC(=O)Nc1cccc(C)c1)c1cccc(C)c1. The standard InChI is InChI=1S/C18H22N2O/c1-4-20(17-10-6-8-15(3)12-17)13-18(21)19-16-9-5-7-14(2)11-16/h5-12H,4,13H2,1-3H3,(H,19,21). The summed E-state index contributed by atoms with van der Waals surface area (Å²) in [5.41, 5.74) is 4.26. The average Bonchev–Trinajstić information content (AvgIpc) is 2.44. The molecule has 3 nitrogen and oxygen atoms in total. The third-order valence-electron chi connectivity index (χ3n) is 3.38. The minimum atomic E-state index is 0.00366. The molecule has 0 saturated heterocycles. The first-order chi connectivity index (χ1) is 10.1. The number of carbonyl (C=O) groups excluding carboxylic acids is 1. The molecule has 0 spiro atoms. The van der Waals surface area contributed by atoms with Gasteiger partial charge in [0.05, 0.1) is 6.54 Å². The number of nitrogens with one attached hydrogen (secondary N) is 1. The van der Waals surface area contributed by atoms with E-state index in [4.69, 9.17) is 0 Å². The molecule has 3 heteroatoms. The van der Waals surface area contributed by atoms with Crippen LogP contribution in [-0.4, -0.2) is 19.0 Å². The molecular weight excluding hydrogens is 260 g/mol. The zero-order valence-corrected chi connectivity index (χ0v) is 12.9. The minimum absolute atomic E-state index is 0.00366. The minimum Gasteiger partial charge on any atom is -0.362 e. The maximum atomic E-state index is 12.2. The first-order valence-electron chi connectivity index (χ1n) is 7.26. The fourth-order valence-electron chi connectivity index (χ4n) is 2.31. The Hall–Kier alpha value is -2.29. The van der Waals surface area contributed by atoms with E-state index >= 15 is 0 Å². The van der Waals surface area contributed by atoms with Gasteiger partial charge in [-0.2, -0.15) is 0 Å². The van der Waals surface area contributed by atoms with Crippen molar-refractivity contribution in [2.24, 2.45) is 0 Å². The van der Waals surface area contributed by atoms with Crippen LogP contribution in [0.1, 0.15) is 18.1 Å². The number of hydrogen-bond donors (Lipinski definition) is 1. The summed E-state index contributed by atoms with van der Waals surface area (Å²) in [5, 5.41) is 2.95. The Morgan fingerprint density at radius 3 is 2.33 bits per heavy atom. The van der Waals surface area contributed by atoms with Crippen molar-refractivity contribution in [2.75, 3.05) is 23.3 Å². The van der Waals surface area contributed by atoms with E-state index in [0.717, 1.165) is 23.5 Å². The summed E-state index contributed by atoms with van der Waals surface area (Å²) in [5.74, 6) is 0.00366. The van der Waals surface area contributed by atoms with E-state index in [-0.39, 0.29) is 5.91 Å². The lowest BCUT2D eigenvalue weighted by Crippen LogP contribution is -2.33. The first-order valence-corrected chi connectivity index (χ1v) is 7.26. The normalized spacial score (nSPS) is 10.2. The van der Waals surface area contributed by atoms with Crippen LogP contribution in [0, 0.1) is 13.8 Å². The van der Waals surface area contributed by atoms with Crippen molar-refractivity contribution in [3.05, 3.63) is 59.7 Å². The Balaban J connectivity index is 2.03. The fourth-order valence-corrected chi connectivity index (χ4v) is 2.31. The lowest BCUT2D eigenvalue weighted by molar-refractivity contribution is -0.115. The molecule has 0 fully saturated rings. The molecule has 0 bridgehead atoms. The number of carbonyl (C=O) groups is 1. The summed E-state index contributed by atoms with van der Waals surface area (Å²) < 4.78 is 0. The predicted molar refractivity (Wildman–Crippen MR) is 88.9 cm³/mol. The van der Waals surface area contributed by atoms with Crippen molar-refractivity contribution < 1.29 is 4.79 Å². The molecule has 0 aliphatic carbocycles. The molecule has 1 amide bonds. The monoisotopic (exact) mass is 282 g/mol. The average molecular weight is 282 g/mol. The largest absolute Gasteiger partial charge is 0.362 e. The summed E-state index contributed by atoms with van der Waals surface area (Å²) in [6.45, 7) is 7.28. The maximum absolute atomic E-state index is 12.2. The van der Waals surface area contributed by atoms with Crippen LogP contribution in [0.5, 0.6) is 0 Å². The van der Waals surface area contributed by atoms with E-state index in [0.29, 0.717) is 6.54 Å². The second kappa shape index (κ2) is 6.93. The molecule has 0 heterocycles. The Morgan fingerprint density at radius 1 is 1.05 bits per heavy atom. The molecule has 110 valence electrons. The number of anilines is 2. The molecule has 2 aromatic rings. The summed E-state index contributed by atoms with van der Waals surface area (Å²) in [6.07, 6.45) is 0. The Morgan fingerprint density at radius 2 is 1.71 bits per heavy atom. The molecule has 0 unspecified atom stereocenters. The van der Waals surface area contributed by atoms with Gasteiger partial charge in [-0.25, -0.2) is 0 Å². The first kappa shape index (κ1) is 15.1. The highest BCUT2D eigenvalue weighted by Crippen LogP contribution is 2.16. The zero-order chi connectivity index (χ0) is 15.2. The molecule has 1 N–H and O–H groups in total. The molecule has 0 radical (unpaired) electrons. The summed E-state index contributed by atoms with van der Waals surface area (Å²) in [6, 6.07) is 16.1. The van der Waals surface area contributed by atoms with Gasteiger partial charge >= 0.3 is 0 Å². The summed E-state index contributed by atoms with van der Waals surface area (Å²) in [4.78, 5) is 14.3. The highest BCUT2D eigenvalue weighted by molar-refractivity contribution is 5.94. The number of aryl methyl sites for hydroxylation is 2. The molecule has 0 aliphatic heterocycles. The summed E-state index contributed by atoms with van der Waals surface area (Å²) in [7, 11) is 0. The Labute approximate surface area is 126 Å². The Bertz CT molecular complexity index is 622. The molecule has 2 rings (SSSR count). The fraction of sp³-hybridized carbons (Fsp3) is 0.278. The van der Waals surface area contributed by atoms with Crippen molar-refractivity contribution >= 4 is 17.3 Å². The lowest BCUT2D eigenvalue weighted by atomic mass is 10.2. The summed E-state index contributed by atoms with van der Waals surface area (Å²) >= 11 is 0. The number of amides is 1. The van der Waals surface area contributed by atoms with Gasteiger partial charge in [0, 0.05) is 17.9 Å². The van der Waals surface area contributed by atoms with Crippen LogP contribution in [0.4, 0.5) is 11.4 Å². The van der Waals surface area contributed by atoms with Gasteiger partial charge in [0.2, 0.25) is 5.91 Å². The van der Waals surface area contributed by atoms with Crippen LogP contribution in [0.3, 0.4) is 0 Å². The van der Waals surface area contributed by atoms with Gasteiger partial charge in [-0.1, -0.05) is 24.3 Å². The van der Waals surface area contributed by atoms with Gasteiger partial charge in [-0.3, -0.25) is 4.79 Å². The number of hydrogen-bond acceptors (Lipinski definition) is 2. The second-order valence-electron chi connectivity index (χ2n) is 5.27. The van der Waals surface area contributed by atoms with E-state index in [9.17, 15) is 4.79 Å². The molecule has 0 aromatic heterocycles. The zero-order valence-electron chi connectivity index (χ0n) is 12.9. The predicted octanol–water partition coefficient (Wildman–Crippen LogP) is 3.77. The van der Waals surface area contributed by atoms with Crippen molar-refractivity contribution in [1.82, 2.24) is 0 Å². The molecular formula is C18H22N2O. The molecule has 0 saturated carbocycles. The van der Waals surface area contributed by atoms with Gasteiger partial charge in [-0.15, -0.1) is 0 Å². The number of rotatable bonds is 5. The molecule has 0 atom stereocenters. The van der Waals surface area contributed by atoms with E-state index in [1.807, 2.05) is 43.3 Å². The van der Waals surface area contributed by atoms with E-state index in [1.54, 1.807) is 0 Å². The van der Waals surface area contributed by atoms with Crippen molar-refractivity contribution in [1.29, 1.82) is 0 Å². The van der Waals surface area contributed by atoms with Gasteiger partial charge in [0.25, 0.3) is 0 Å². The molecule has 0 aliphatic rings. The third-order valence-corrected chi connectivity index (χ3v) is 3.38. The van der Waals surface area contributed by atoms with Crippen LogP contribution < -0.4 is 10.2 Å². The number of likely N-dealkylation sites (N-methyl/N-ethyl adjacent to an activating group) is 1. The van der Waals surface area contributed by atoms with Crippen LogP contribution >= 0.6 is 0 Å². The van der Waals surface area contributed by atoms with Crippen molar-refractivity contribution in [2.45, 2.75) is 20.8 Å². The number of nitrogens with zero attached hydrogens (tertiary/aromatic N) is 1. The maximum Gasteiger partial charge on any atom is 0.243 e. The van der Waals surface area contributed by atoms with Gasteiger partial charge < -0.3 is 10.2 Å². The molecule has 2 aromatic carbocycles. The number of benzene rings is 2. The smallest absolute Gasteiger partial charge is 0.243 e. The third kappa shape index (κ3) is 4.35. The van der Waals surface area contributed by atoms with Gasteiger partial charge in [-0.05, 0) is 56.2 Å². The molecule has 21 heavy (non-hydrogen) atoms. The van der Waals surface area contributed by atoms with E-state index in [1.165, 1.54) is 5.56 Å². The van der Waals surface area contributed by atoms with Crippen molar-refractivity contribution in [3.63, 3.8) is 0 Å². The highest BCUT2D eigenvalue weighted by Gasteiger charge is 2.10. The highest BCUT2D eigenvalue weighted by atomic mass is 16.2. The van der Waals surface area contributed by atoms with Crippen LogP contribution in [0.25, 0.3) is 0 Å². The topological polar surface area (TPSA) is 32.3 Å². The lowest BCUT2D eigenvalue weighted by Gasteiger charge is -2.23. The van der Waals surface area contributed by atoms with Crippen LogP contribution in [-0.2, 0) is 4.79 Å². The van der Waals surface area contributed by atoms with Crippen LogP contribution in [0.2, 0.25) is 0 Å². The van der Waals surface area contributed by atoms with Gasteiger partial charge in [0.15, 0.2) is 0 Å². The van der Waals surface area contributed by atoms with E-state index in [2.05, 4.69) is 36.2 Å².